The van der Waals surface area contributed by atoms with E-state index in [1.165, 1.54) is 0 Å². The number of aliphatic hydroxyl groups is 1. The molecule has 0 saturated carbocycles. The molecule has 1 rings (SSSR count). The number of aromatic nitrogens is 1. The molecule has 0 spiro atoms. The van der Waals surface area contributed by atoms with Crippen LogP contribution in [0.1, 0.15) is 28.9 Å². The van der Waals surface area contributed by atoms with Crippen molar-refractivity contribution in [1.29, 1.82) is 0 Å². The number of aliphatic hydroxyl groups excluding tert-OH is 1. The number of carbonyl (C=O) groups is 1. The fourth-order valence-electron chi connectivity index (χ4n) is 1.27. The minimum atomic E-state index is -0.130. The summed E-state index contributed by atoms with van der Waals surface area (Å²) < 4.78 is 0. The van der Waals surface area contributed by atoms with Crippen molar-refractivity contribution in [2.24, 2.45) is 5.73 Å². The third-order valence-corrected chi connectivity index (χ3v) is 2.16. The zero-order valence-corrected chi connectivity index (χ0v) is 9.15. The van der Waals surface area contributed by atoms with E-state index in [1.54, 1.807) is 18.3 Å². The Morgan fingerprint density at radius 1 is 1.50 bits per heavy atom. The van der Waals surface area contributed by atoms with Crippen LogP contribution >= 0.6 is 0 Å². The molecule has 0 saturated heterocycles. The van der Waals surface area contributed by atoms with Crippen LogP contribution < -0.4 is 11.1 Å². The van der Waals surface area contributed by atoms with E-state index in [0.717, 1.165) is 6.42 Å². The molecule has 5 nitrogen and oxygen atoms in total. The van der Waals surface area contributed by atoms with Gasteiger partial charge in [-0.3, -0.25) is 9.78 Å². The Kier molecular flexibility index (Phi) is 5.45. The van der Waals surface area contributed by atoms with E-state index in [9.17, 15) is 4.79 Å². The first kappa shape index (κ1) is 12.6. The lowest BCUT2D eigenvalue weighted by Gasteiger charge is -2.05. The van der Waals surface area contributed by atoms with E-state index in [0.29, 0.717) is 30.8 Å². The van der Waals surface area contributed by atoms with Gasteiger partial charge in [-0.1, -0.05) is 0 Å². The minimum Gasteiger partial charge on any atom is -0.396 e. The Hall–Kier alpha value is -1.46. The van der Waals surface area contributed by atoms with E-state index in [-0.39, 0.29) is 12.5 Å². The van der Waals surface area contributed by atoms with Crippen LogP contribution in [0.2, 0.25) is 0 Å². The summed E-state index contributed by atoms with van der Waals surface area (Å²) in [5, 5.41) is 11.3. The van der Waals surface area contributed by atoms with E-state index < -0.39 is 0 Å². The summed E-state index contributed by atoms with van der Waals surface area (Å²) in [6, 6.07) is 3.34. The van der Waals surface area contributed by atoms with Crippen molar-refractivity contribution in [3.05, 3.63) is 29.6 Å². The van der Waals surface area contributed by atoms with E-state index in [1.807, 2.05) is 0 Å². The zero-order chi connectivity index (χ0) is 11.8. The molecule has 0 unspecified atom stereocenters. The predicted octanol–water partition coefficient (Wildman–Crippen LogP) is 0.0426. The summed E-state index contributed by atoms with van der Waals surface area (Å²) in [7, 11) is 0. The van der Waals surface area contributed by atoms with Crippen LogP contribution in [0.4, 0.5) is 0 Å². The number of hydrogen-bond donors (Lipinski definition) is 3. The average molecular weight is 223 g/mol. The highest BCUT2D eigenvalue weighted by Crippen LogP contribution is 2.01. The molecule has 0 fully saturated rings. The molecule has 0 aromatic carbocycles. The smallest absolute Gasteiger partial charge is 0.251 e. The molecule has 0 atom stereocenters. The van der Waals surface area contributed by atoms with Crippen molar-refractivity contribution >= 4 is 5.91 Å². The van der Waals surface area contributed by atoms with Crippen molar-refractivity contribution in [2.75, 3.05) is 13.2 Å². The Bertz CT molecular complexity index is 342. The Labute approximate surface area is 94.7 Å². The van der Waals surface area contributed by atoms with Gasteiger partial charge in [0.2, 0.25) is 0 Å². The van der Waals surface area contributed by atoms with Gasteiger partial charge in [-0.2, -0.15) is 0 Å². The van der Waals surface area contributed by atoms with Gasteiger partial charge in [0, 0.05) is 31.5 Å². The highest BCUT2D eigenvalue weighted by molar-refractivity contribution is 5.94. The van der Waals surface area contributed by atoms with Crippen LogP contribution in [0, 0.1) is 0 Å². The van der Waals surface area contributed by atoms with E-state index in [2.05, 4.69) is 10.3 Å². The van der Waals surface area contributed by atoms with Crippen LogP contribution in [0.3, 0.4) is 0 Å². The summed E-state index contributed by atoms with van der Waals surface area (Å²) in [5.74, 6) is -0.130. The summed E-state index contributed by atoms with van der Waals surface area (Å²) in [6.07, 6.45) is 3.05. The number of nitrogens with one attached hydrogen (secondary N) is 1. The average Bonchev–Trinajstić information content (AvgIpc) is 2.34. The molecular weight excluding hydrogens is 206 g/mol. The van der Waals surface area contributed by atoms with Crippen molar-refractivity contribution in [1.82, 2.24) is 10.3 Å². The summed E-state index contributed by atoms with van der Waals surface area (Å²) >= 11 is 0. The lowest BCUT2D eigenvalue weighted by molar-refractivity contribution is 0.0952. The number of pyridine rings is 1. The number of amides is 1. The molecule has 1 aromatic rings. The molecule has 5 heteroatoms. The molecule has 16 heavy (non-hydrogen) atoms. The van der Waals surface area contributed by atoms with Gasteiger partial charge in [-0.05, 0) is 25.0 Å². The largest absolute Gasteiger partial charge is 0.396 e. The first-order valence-electron chi connectivity index (χ1n) is 5.32. The molecule has 0 aliphatic heterocycles. The van der Waals surface area contributed by atoms with Gasteiger partial charge in [0.25, 0.3) is 5.91 Å². The minimum absolute atomic E-state index is 0.130. The van der Waals surface area contributed by atoms with Crippen molar-refractivity contribution in [3.8, 4) is 0 Å². The van der Waals surface area contributed by atoms with Crippen LogP contribution in [-0.4, -0.2) is 29.1 Å². The molecule has 0 radical (unpaired) electrons. The van der Waals surface area contributed by atoms with Crippen LogP contribution in [0.15, 0.2) is 18.3 Å². The first-order valence-corrected chi connectivity index (χ1v) is 5.32. The van der Waals surface area contributed by atoms with Crippen LogP contribution in [-0.2, 0) is 6.54 Å². The Balaban J connectivity index is 2.46. The maximum atomic E-state index is 11.6. The molecule has 0 aliphatic carbocycles. The SMILES string of the molecule is NCc1cc(C(=O)NCCCCO)ccn1. The molecule has 1 heterocycles. The Morgan fingerprint density at radius 2 is 2.31 bits per heavy atom. The van der Waals surface area contributed by atoms with Crippen LogP contribution in [0.5, 0.6) is 0 Å². The van der Waals surface area contributed by atoms with Gasteiger partial charge in [0.05, 0.1) is 5.69 Å². The number of rotatable bonds is 6. The molecule has 0 bridgehead atoms. The second-order valence-corrected chi connectivity index (χ2v) is 3.43. The molecule has 0 aliphatic rings. The van der Waals surface area contributed by atoms with Crippen molar-refractivity contribution in [3.63, 3.8) is 0 Å². The Morgan fingerprint density at radius 3 is 3.00 bits per heavy atom. The van der Waals surface area contributed by atoms with Crippen LogP contribution in [0.25, 0.3) is 0 Å². The quantitative estimate of drug-likeness (QED) is 0.594. The lowest BCUT2D eigenvalue weighted by atomic mass is 10.2. The zero-order valence-electron chi connectivity index (χ0n) is 9.15. The number of hydrogen-bond acceptors (Lipinski definition) is 4. The fourth-order valence-corrected chi connectivity index (χ4v) is 1.27. The lowest BCUT2D eigenvalue weighted by Crippen LogP contribution is -2.24. The maximum absolute atomic E-state index is 11.6. The maximum Gasteiger partial charge on any atom is 0.251 e. The summed E-state index contributed by atoms with van der Waals surface area (Å²) in [5.41, 5.74) is 6.70. The topological polar surface area (TPSA) is 88.2 Å². The molecule has 88 valence electrons. The van der Waals surface area contributed by atoms with Gasteiger partial charge in [-0.25, -0.2) is 0 Å². The fraction of sp³-hybridized carbons (Fsp3) is 0.455. The van der Waals surface area contributed by atoms with Gasteiger partial charge in [0.15, 0.2) is 0 Å². The number of unbranched alkanes of at least 4 members (excludes halogenated alkanes) is 1. The second-order valence-electron chi connectivity index (χ2n) is 3.43. The third kappa shape index (κ3) is 3.96. The monoisotopic (exact) mass is 223 g/mol. The van der Waals surface area contributed by atoms with Gasteiger partial charge < -0.3 is 16.2 Å². The highest BCUT2D eigenvalue weighted by Gasteiger charge is 2.05. The molecule has 1 aromatic heterocycles. The highest BCUT2D eigenvalue weighted by atomic mass is 16.2. The summed E-state index contributed by atoms with van der Waals surface area (Å²) in [4.78, 5) is 15.6. The van der Waals surface area contributed by atoms with E-state index >= 15 is 0 Å². The molecular formula is C11H17N3O2. The molecule has 1 amide bonds. The number of nitrogens with two attached hydrogens (primary N) is 1. The second kappa shape index (κ2) is 6.92. The van der Waals surface area contributed by atoms with Crippen molar-refractivity contribution in [2.45, 2.75) is 19.4 Å². The standard InChI is InChI=1S/C11H17N3O2/c12-8-10-7-9(3-5-13-10)11(16)14-4-1-2-6-15/h3,5,7,15H,1-2,4,6,8,12H2,(H,14,16). The normalized spacial score (nSPS) is 10.1. The van der Waals surface area contributed by atoms with Crippen molar-refractivity contribution < 1.29 is 9.90 Å². The van der Waals surface area contributed by atoms with Gasteiger partial charge >= 0.3 is 0 Å². The summed E-state index contributed by atoms with van der Waals surface area (Å²) in [6.45, 7) is 1.05. The predicted molar refractivity (Wildman–Crippen MR) is 60.8 cm³/mol. The first-order chi connectivity index (χ1) is 7.77. The number of nitrogens with zero attached hydrogens (tertiary/aromatic N) is 1. The third-order valence-electron chi connectivity index (χ3n) is 2.16. The number of carbonyl (C=O) groups excluding carboxylic acids is 1. The molecule has 4 N–H and O–H groups in total. The van der Waals surface area contributed by atoms with Gasteiger partial charge in [-0.15, -0.1) is 0 Å². The van der Waals surface area contributed by atoms with Gasteiger partial charge in [0.1, 0.15) is 0 Å². The van der Waals surface area contributed by atoms with E-state index in [4.69, 9.17) is 10.8 Å².